The van der Waals surface area contributed by atoms with Gasteiger partial charge in [0, 0.05) is 36.2 Å². The Balaban J connectivity index is 2.17. The summed E-state index contributed by atoms with van der Waals surface area (Å²) in [6, 6.07) is 11.3. The Hall–Kier alpha value is -2.23. The number of carbonyl (C=O) groups excluding carboxylic acids is 2. The molecule has 1 atom stereocenters. The smallest absolute Gasteiger partial charge is 0.251 e. The van der Waals surface area contributed by atoms with Crippen LogP contribution in [0, 0.1) is 0 Å². The standard InChI is InChI=1S/C20H24BrN3O4S/c1-5-19(25)23-16-9-6-14(7-10-16)13(2)22-20(26)15-8-11-17(21)18(12-15)29(27,28)24(3)4/h6-13H,5H2,1-4H3,(H,22,26)(H,23,25). The normalized spacial score (nSPS) is 12.5. The zero-order valence-corrected chi connectivity index (χ0v) is 19.1. The Morgan fingerprint density at radius 2 is 1.72 bits per heavy atom. The molecule has 156 valence electrons. The lowest BCUT2D eigenvalue weighted by molar-refractivity contribution is -0.115. The summed E-state index contributed by atoms with van der Waals surface area (Å²) in [7, 11) is -0.822. The van der Waals surface area contributed by atoms with E-state index in [0.717, 1.165) is 9.87 Å². The lowest BCUT2D eigenvalue weighted by atomic mass is 10.1. The number of carbonyl (C=O) groups is 2. The summed E-state index contributed by atoms with van der Waals surface area (Å²) < 4.78 is 26.4. The van der Waals surface area contributed by atoms with E-state index in [9.17, 15) is 18.0 Å². The van der Waals surface area contributed by atoms with Gasteiger partial charge in [-0.25, -0.2) is 12.7 Å². The van der Waals surface area contributed by atoms with E-state index in [2.05, 4.69) is 26.6 Å². The molecule has 29 heavy (non-hydrogen) atoms. The van der Waals surface area contributed by atoms with Gasteiger partial charge in [-0.05, 0) is 58.7 Å². The number of nitrogens with one attached hydrogen (secondary N) is 2. The van der Waals surface area contributed by atoms with Crippen molar-refractivity contribution in [3.05, 3.63) is 58.1 Å². The van der Waals surface area contributed by atoms with Crippen LogP contribution in [0.2, 0.25) is 0 Å². The van der Waals surface area contributed by atoms with E-state index in [1.165, 1.54) is 20.2 Å². The van der Waals surface area contributed by atoms with Crippen LogP contribution in [0.3, 0.4) is 0 Å². The molecule has 0 saturated carbocycles. The van der Waals surface area contributed by atoms with Crippen molar-refractivity contribution in [2.45, 2.75) is 31.2 Å². The maximum atomic E-state index is 12.6. The minimum absolute atomic E-state index is 0.0267. The van der Waals surface area contributed by atoms with E-state index in [1.807, 2.05) is 19.1 Å². The van der Waals surface area contributed by atoms with E-state index in [0.29, 0.717) is 16.6 Å². The average molecular weight is 482 g/mol. The number of sulfonamides is 1. The van der Waals surface area contributed by atoms with Gasteiger partial charge >= 0.3 is 0 Å². The minimum atomic E-state index is -3.69. The van der Waals surface area contributed by atoms with Crippen LogP contribution in [0.15, 0.2) is 51.8 Å². The Labute approximate surface area is 179 Å². The molecule has 0 aromatic heterocycles. The molecule has 0 fully saturated rings. The number of amides is 2. The number of nitrogens with zero attached hydrogens (tertiary/aromatic N) is 1. The highest BCUT2D eigenvalue weighted by molar-refractivity contribution is 9.10. The van der Waals surface area contributed by atoms with E-state index in [-0.39, 0.29) is 28.3 Å². The molecule has 0 bridgehead atoms. The largest absolute Gasteiger partial charge is 0.346 e. The van der Waals surface area contributed by atoms with Gasteiger partial charge in [0.05, 0.1) is 10.9 Å². The molecule has 2 aromatic carbocycles. The molecule has 0 spiro atoms. The Morgan fingerprint density at radius 1 is 1.10 bits per heavy atom. The van der Waals surface area contributed by atoms with Gasteiger partial charge in [-0.15, -0.1) is 0 Å². The van der Waals surface area contributed by atoms with E-state index >= 15 is 0 Å². The van der Waals surface area contributed by atoms with E-state index < -0.39 is 10.0 Å². The Morgan fingerprint density at radius 3 is 2.28 bits per heavy atom. The first kappa shape index (κ1) is 23.1. The van der Waals surface area contributed by atoms with Gasteiger partial charge in [-0.3, -0.25) is 9.59 Å². The van der Waals surface area contributed by atoms with Crippen molar-refractivity contribution in [1.29, 1.82) is 0 Å². The van der Waals surface area contributed by atoms with Crippen LogP contribution in [0.5, 0.6) is 0 Å². The molecule has 0 radical (unpaired) electrons. The highest BCUT2D eigenvalue weighted by atomic mass is 79.9. The first-order valence-electron chi connectivity index (χ1n) is 8.99. The third kappa shape index (κ3) is 5.65. The number of rotatable bonds is 7. The fourth-order valence-electron chi connectivity index (χ4n) is 2.51. The van der Waals surface area contributed by atoms with Crippen molar-refractivity contribution in [1.82, 2.24) is 9.62 Å². The van der Waals surface area contributed by atoms with Crippen LogP contribution < -0.4 is 10.6 Å². The molecule has 2 aromatic rings. The van der Waals surface area contributed by atoms with Crippen LogP contribution in [-0.2, 0) is 14.8 Å². The molecule has 7 nitrogen and oxygen atoms in total. The van der Waals surface area contributed by atoms with Gasteiger partial charge < -0.3 is 10.6 Å². The number of anilines is 1. The third-order valence-electron chi connectivity index (χ3n) is 4.32. The minimum Gasteiger partial charge on any atom is -0.346 e. The van der Waals surface area contributed by atoms with Crippen molar-refractivity contribution in [2.24, 2.45) is 0 Å². The van der Waals surface area contributed by atoms with Gasteiger partial charge in [0.1, 0.15) is 0 Å². The van der Waals surface area contributed by atoms with Crippen LogP contribution in [0.4, 0.5) is 5.69 Å². The number of hydrogen-bond donors (Lipinski definition) is 2. The number of hydrogen-bond acceptors (Lipinski definition) is 4. The molecule has 9 heteroatoms. The summed E-state index contributed by atoms with van der Waals surface area (Å²) in [4.78, 5) is 24.1. The van der Waals surface area contributed by atoms with Gasteiger partial charge in [0.25, 0.3) is 5.91 Å². The predicted octanol–water partition coefficient (Wildman–Crippen LogP) is 3.54. The molecule has 1 unspecified atom stereocenters. The SMILES string of the molecule is CCC(=O)Nc1ccc(C(C)NC(=O)c2ccc(Br)c(S(=O)(=O)N(C)C)c2)cc1. The van der Waals surface area contributed by atoms with Gasteiger partial charge in [-0.2, -0.15) is 0 Å². The van der Waals surface area contributed by atoms with Crippen LogP contribution in [-0.4, -0.2) is 38.6 Å². The molecule has 0 aliphatic carbocycles. The average Bonchev–Trinajstić information content (AvgIpc) is 2.68. The summed E-state index contributed by atoms with van der Waals surface area (Å²) >= 11 is 3.23. The molecular formula is C20H24BrN3O4S. The number of benzene rings is 2. The first-order valence-corrected chi connectivity index (χ1v) is 11.2. The summed E-state index contributed by atoms with van der Waals surface area (Å²) in [6.45, 7) is 3.60. The summed E-state index contributed by atoms with van der Waals surface area (Å²) in [6.07, 6.45) is 0.396. The molecule has 0 aliphatic rings. The lowest BCUT2D eigenvalue weighted by Gasteiger charge is -2.17. The van der Waals surface area contributed by atoms with Crippen molar-refractivity contribution >= 4 is 43.5 Å². The monoisotopic (exact) mass is 481 g/mol. The topological polar surface area (TPSA) is 95.6 Å². The predicted molar refractivity (Wildman–Crippen MR) is 116 cm³/mol. The fraction of sp³-hybridized carbons (Fsp3) is 0.300. The summed E-state index contributed by atoms with van der Waals surface area (Å²) in [5.41, 5.74) is 1.78. The summed E-state index contributed by atoms with van der Waals surface area (Å²) in [5, 5.41) is 5.63. The quantitative estimate of drug-likeness (QED) is 0.631. The van der Waals surface area contributed by atoms with Crippen molar-refractivity contribution in [2.75, 3.05) is 19.4 Å². The fourth-order valence-corrected chi connectivity index (χ4v) is 4.35. The number of halogens is 1. The Bertz CT molecular complexity index is 1000. The van der Waals surface area contributed by atoms with E-state index in [1.54, 1.807) is 31.2 Å². The molecule has 0 aliphatic heterocycles. The molecule has 2 rings (SSSR count). The molecule has 0 heterocycles. The molecule has 0 saturated heterocycles. The molecule has 2 N–H and O–H groups in total. The Kier molecular flexibility index (Phi) is 7.56. The maximum Gasteiger partial charge on any atom is 0.251 e. The van der Waals surface area contributed by atoms with Crippen molar-refractivity contribution in [3.8, 4) is 0 Å². The van der Waals surface area contributed by atoms with E-state index in [4.69, 9.17) is 0 Å². The second-order valence-corrected chi connectivity index (χ2v) is 9.63. The lowest BCUT2D eigenvalue weighted by Crippen LogP contribution is -2.27. The molecule has 2 amide bonds. The van der Waals surface area contributed by atoms with Gasteiger partial charge in [0.15, 0.2) is 0 Å². The second kappa shape index (κ2) is 9.51. The van der Waals surface area contributed by atoms with Crippen molar-refractivity contribution < 1.29 is 18.0 Å². The molecular weight excluding hydrogens is 458 g/mol. The van der Waals surface area contributed by atoms with Crippen LogP contribution >= 0.6 is 15.9 Å². The highest BCUT2D eigenvalue weighted by Crippen LogP contribution is 2.25. The zero-order chi connectivity index (χ0) is 21.8. The first-order chi connectivity index (χ1) is 13.6. The second-order valence-electron chi connectivity index (χ2n) is 6.65. The third-order valence-corrected chi connectivity index (χ3v) is 7.12. The van der Waals surface area contributed by atoms with Crippen LogP contribution in [0.25, 0.3) is 0 Å². The zero-order valence-electron chi connectivity index (χ0n) is 16.7. The van der Waals surface area contributed by atoms with Crippen LogP contribution in [0.1, 0.15) is 42.2 Å². The van der Waals surface area contributed by atoms with Gasteiger partial charge in [-0.1, -0.05) is 19.1 Å². The van der Waals surface area contributed by atoms with Gasteiger partial charge in [0.2, 0.25) is 15.9 Å². The van der Waals surface area contributed by atoms with Crippen molar-refractivity contribution in [3.63, 3.8) is 0 Å². The highest BCUT2D eigenvalue weighted by Gasteiger charge is 2.22. The summed E-state index contributed by atoms with van der Waals surface area (Å²) in [5.74, 6) is -0.457. The maximum absolute atomic E-state index is 12.6.